The number of hydrogen-bond acceptors (Lipinski definition) is 5. The average molecular weight is 243 g/mol. The normalized spacial score (nSPS) is 15.8. The van der Waals surface area contributed by atoms with Crippen LogP contribution in [0, 0.1) is 0 Å². The van der Waals surface area contributed by atoms with Crippen molar-refractivity contribution in [3.63, 3.8) is 0 Å². The molecule has 0 atom stereocenters. The van der Waals surface area contributed by atoms with Crippen LogP contribution in [0.4, 0.5) is 0 Å². The van der Waals surface area contributed by atoms with Crippen molar-refractivity contribution in [3.8, 4) is 0 Å². The van der Waals surface area contributed by atoms with Gasteiger partial charge in [-0.3, -0.25) is 0 Å². The summed E-state index contributed by atoms with van der Waals surface area (Å²) < 4.78 is 0. The minimum atomic E-state index is 0.800. The molecule has 0 radical (unpaired) electrons. The van der Waals surface area contributed by atoms with Gasteiger partial charge >= 0.3 is 0 Å². The molecule has 5 heteroatoms. The van der Waals surface area contributed by atoms with Crippen molar-refractivity contribution >= 4 is 23.1 Å². The van der Waals surface area contributed by atoms with Gasteiger partial charge in [0.05, 0.1) is 0 Å². The van der Waals surface area contributed by atoms with Crippen LogP contribution in [-0.4, -0.2) is 34.8 Å². The quantitative estimate of drug-likeness (QED) is 0.791. The van der Waals surface area contributed by atoms with Crippen molar-refractivity contribution < 1.29 is 0 Å². The molecule has 15 heavy (non-hydrogen) atoms. The molecule has 3 nitrogen and oxygen atoms in total. The third-order valence-electron chi connectivity index (χ3n) is 2.38. The Balaban J connectivity index is 1.68. The van der Waals surface area contributed by atoms with Gasteiger partial charge in [-0.2, -0.15) is 11.8 Å². The highest BCUT2D eigenvalue weighted by molar-refractivity contribution is 7.98. The first-order valence-corrected chi connectivity index (χ1v) is 7.63. The highest BCUT2D eigenvalue weighted by Crippen LogP contribution is 2.18. The highest BCUT2D eigenvalue weighted by Gasteiger charge is 2.19. The summed E-state index contributed by atoms with van der Waals surface area (Å²) in [6, 6.07) is 0.800. The van der Waals surface area contributed by atoms with E-state index in [2.05, 4.69) is 21.8 Å². The van der Waals surface area contributed by atoms with Crippen molar-refractivity contribution in [1.82, 2.24) is 15.5 Å². The minimum Gasteiger partial charge on any atom is -0.314 e. The molecule has 1 aliphatic rings. The van der Waals surface area contributed by atoms with Gasteiger partial charge in [-0.05, 0) is 24.9 Å². The van der Waals surface area contributed by atoms with E-state index in [-0.39, 0.29) is 0 Å². The predicted octanol–water partition coefficient (Wildman–Crippen LogP) is 1.74. The Hall–Kier alpha value is -0.130. The summed E-state index contributed by atoms with van der Waals surface area (Å²) in [6.07, 6.45) is 6.94. The van der Waals surface area contributed by atoms with E-state index in [9.17, 15) is 0 Å². The van der Waals surface area contributed by atoms with Crippen LogP contribution in [0.15, 0.2) is 0 Å². The van der Waals surface area contributed by atoms with Gasteiger partial charge in [0.15, 0.2) is 0 Å². The van der Waals surface area contributed by atoms with E-state index >= 15 is 0 Å². The highest BCUT2D eigenvalue weighted by atomic mass is 32.2. The van der Waals surface area contributed by atoms with Gasteiger partial charge in [0.25, 0.3) is 0 Å². The average Bonchev–Trinajstić information content (AvgIpc) is 2.95. The van der Waals surface area contributed by atoms with Crippen molar-refractivity contribution in [1.29, 1.82) is 0 Å². The van der Waals surface area contributed by atoms with Crippen LogP contribution in [-0.2, 0) is 12.8 Å². The molecule has 1 saturated carbocycles. The Morgan fingerprint density at radius 1 is 1.33 bits per heavy atom. The molecule has 0 spiro atoms. The van der Waals surface area contributed by atoms with Crippen LogP contribution < -0.4 is 5.32 Å². The summed E-state index contributed by atoms with van der Waals surface area (Å²) in [5.41, 5.74) is 0. The zero-order valence-electron chi connectivity index (χ0n) is 9.03. The molecule has 2 rings (SSSR count). The predicted molar refractivity (Wildman–Crippen MR) is 66.7 cm³/mol. The Morgan fingerprint density at radius 3 is 2.73 bits per heavy atom. The Morgan fingerprint density at radius 2 is 2.07 bits per heavy atom. The molecule has 0 amide bonds. The third kappa shape index (κ3) is 4.09. The molecular weight excluding hydrogens is 226 g/mol. The molecule has 1 N–H and O–H groups in total. The maximum absolute atomic E-state index is 4.21. The van der Waals surface area contributed by atoms with E-state index in [1.54, 1.807) is 11.3 Å². The lowest BCUT2D eigenvalue weighted by Crippen LogP contribution is -2.19. The van der Waals surface area contributed by atoms with Crippen LogP contribution in [0.25, 0.3) is 0 Å². The fourth-order valence-electron chi connectivity index (χ4n) is 1.35. The maximum Gasteiger partial charge on any atom is 0.118 e. The van der Waals surface area contributed by atoms with Gasteiger partial charge in [-0.1, -0.05) is 0 Å². The second-order valence-electron chi connectivity index (χ2n) is 3.81. The molecule has 1 heterocycles. The topological polar surface area (TPSA) is 37.8 Å². The number of hydrogen-bond donors (Lipinski definition) is 1. The molecule has 1 aliphatic carbocycles. The van der Waals surface area contributed by atoms with Crippen LogP contribution in [0.5, 0.6) is 0 Å². The summed E-state index contributed by atoms with van der Waals surface area (Å²) in [4.78, 5) is 0. The monoisotopic (exact) mass is 243 g/mol. The van der Waals surface area contributed by atoms with Crippen molar-refractivity contribution in [2.45, 2.75) is 31.7 Å². The van der Waals surface area contributed by atoms with Gasteiger partial charge in [0.1, 0.15) is 10.0 Å². The summed E-state index contributed by atoms with van der Waals surface area (Å²) >= 11 is 3.63. The van der Waals surface area contributed by atoms with E-state index in [1.165, 1.54) is 22.9 Å². The van der Waals surface area contributed by atoms with E-state index in [0.29, 0.717) is 0 Å². The molecule has 0 bridgehead atoms. The second kappa shape index (κ2) is 5.82. The molecule has 1 fully saturated rings. The Kier molecular flexibility index (Phi) is 4.41. The van der Waals surface area contributed by atoms with E-state index in [1.807, 2.05) is 11.8 Å². The molecule has 0 unspecified atom stereocenters. The summed E-state index contributed by atoms with van der Waals surface area (Å²) in [6.45, 7) is 1.06. The number of aryl methyl sites for hydroxylation is 1. The number of nitrogens with one attached hydrogen (secondary N) is 1. The molecule has 1 aromatic rings. The lowest BCUT2D eigenvalue weighted by Gasteiger charge is -1.97. The Bertz CT molecular complexity index is 297. The first-order chi connectivity index (χ1) is 7.38. The van der Waals surface area contributed by atoms with Crippen molar-refractivity contribution in [2.24, 2.45) is 0 Å². The van der Waals surface area contributed by atoms with Gasteiger partial charge in [-0.25, -0.2) is 0 Å². The van der Waals surface area contributed by atoms with Crippen LogP contribution in [0.1, 0.15) is 22.9 Å². The van der Waals surface area contributed by atoms with Gasteiger partial charge in [0.2, 0.25) is 0 Å². The van der Waals surface area contributed by atoms with E-state index in [0.717, 1.165) is 31.2 Å². The van der Waals surface area contributed by atoms with Crippen LogP contribution >= 0.6 is 23.1 Å². The van der Waals surface area contributed by atoms with Crippen LogP contribution in [0.3, 0.4) is 0 Å². The standard InChI is InChI=1S/C10H17N3S2/c1-14-7-5-10-13-12-9(15-10)4-6-11-8-2-3-8/h8,11H,2-7H2,1H3. The second-order valence-corrected chi connectivity index (χ2v) is 5.94. The molecule has 1 aromatic heterocycles. The molecule has 0 aromatic carbocycles. The fraction of sp³-hybridized carbons (Fsp3) is 0.800. The summed E-state index contributed by atoms with van der Waals surface area (Å²) in [5.74, 6) is 1.15. The molecular formula is C10H17N3S2. The number of aromatic nitrogens is 2. The van der Waals surface area contributed by atoms with Crippen molar-refractivity contribution in [2.75, 3.05) is 18.6 Å². The Labute approximate surface area is 99.1 Å². The third-order valence-corrected chi connectivity index (χ3v) is 4.03. The van der Waals surface area contributed by atoms with Gasteiger partial charge in [-0.15, -0.1) is 21.5 Å². The minimum absolute atomic E-state index is 0.800. The smallest absolute Gasteiger partial charge is 0.118 e. The molecule has 84 valence electrons. The van der Waals surface area contributed by atoms with Gasteiger partial charge < -0.3 is 5.32 Å². The zero-order chi connectivity index (χ0) is 10.5. The van der Waals surface area contributed by atoms with Crippen molar-refractivity contribution in [3.05, 3.63) is 10.0 Å². The molecule has 0 saturated heterocycles. The number of rotatable bonds is 7. The SMILES string of the molecule is CSCCc1nnc(CCNC2CC2)s1. The number of nitrogens with zero attached hydrogens (tertiary/aromatic N) is 2. The van der Waals surface area contributed by atoms with Gasteiger partial charge in [0, 0.05) is 25.4 Å². The van der Waals surface area contributed by atoms with E-state index in [4.69, 9.17) is 0 Å². The zero-order valence-corrected chi connectivity index (χ0v) is 10.7. The number of thioether (sulfide) groups is 1. The van der Waals surface area contributed by atoms with Crippen LogP contribution in [0.2, 0.25) is 0 Å². The largest absolute Gasteiger partial charge is 0.314 e. The summed E-state index contributed by atoms with van der Waals surface area (Å²) in [5, 5.41) is 14.3. The fourth-order valence-corrected chi connectivity index (χ4v) is 2.72. The first kappa shape index (κ1) is 11.4. The molecule has 0 aliphatic heterocycles. The van der Waals surface area contributed by atoms with E-state index < -0.39 is 0 Å². The first-order valence-electron chi connectivity index (χ1n) is 5.42. The lowest BCUT2D eigenvalue weighted by molar-refractivity contribution is 0.677. The lowest BCUT2D eigenvalue weighted by atomic mass is 10.4. The summed E-state index contributed by atoms with van der Waals surface area (Å²) in [7, 11) is 0. The maximum atomic E-state index is 4.21.